The van der Waals surface area contributed by atoms with Gasteiger partial charge in [0, 0.05) is 0 Å². The highest BCUT2D eigenvalue weighted by molar-refractivity contribution is 6.28. The van der Waals surface area contributed by atoms with Crippen molar-refractivity contribution < 1.29 is 19.0 Å². The van der Waals surface area contributed by atoms with E-state index in [4.69, 9.17) is 25.8 Å². The Morgan fingerprint density at radius 3 is 3.04 bits per heavy atom. The molecule has 0 saturated carbocycles. The molecule has 0 amide bonds. The van der Waals surface area contributed by atoms with Crippen molar-refractivity contribution in [3.8, 4) is 5.75 Å². The molecule has 0 bridgehead atoms. The third-order valence-corrected chi connectivity index (χ3v) is 4.57. The summed E-state index contributed by atoms with van der Waals surface area (Å²) in [6, 6.07) is 0.203. The molecule has 0 N–H and O–H groups in total. The van der Waals surface area contributed by atoms with Gasteiger partial charge in [-0.3, -0.25) is 0 Å². The van der Waals surface area contributed by atoms with Crippen LogP contribution < -0.4 is 9.64 Å². The first-order valence-electron chi connectivity index (χ1n) is 8.10. The molecule has 2 atom stereocenters. The summed E-state index contributed by atoms with van der Waals surface area (Å²) >= 11 is 6.16. The SMILES string of the molecule is COC(=O)c1cnnn1Cc1nc(Cl)nc2c1OC[C@@H]1COC[C@@H](C)N21. The second kappa shape index (κ2) is 6.69. The highest BCUT2D eigenvalue weighted by Gasteiger charge is 2.37. The van der Waals surface area contributed by atoms with Gasteiger partial charge in [0.15, 0.2) is 17.3 Å². The molecule has 4 rings (SSSR count). The van der Waals surface area contributed by atoms with E-state index in [0.29, 0.717) is 37.1 Å². The molecule has 0 unspecified atom stereocenters. The molecule has 2 aliphatic heterocycles. The average molecular weight is 381 g/mol. The van der Waals surface area contributed by atoms with Crippen molar-refractivity contribution in [3.63, 3.8) is 0 Å². The van der Waals surface area contributed by atoms with Crippen LogP contribution in [0.15, 0.2) is 6.20 Å². The fourth-order valence-electron chi connectivity index (χ4n) is 3.25. The maximum atomic E-state index is 11.8. The molecule has 10 nitrogen and oxygen atoms in total. The number of methoxy groups -OCH3 is 1. The maximum Gasteiger partial charge on any atom is 0.358 e. The first-order valence-corrected chi connectivity index (χ1v) is 8.48. The minimum Gasteiger partial charge on any atom is -0.486 e. The first kappa shape index (κ1) is 17.0. The molecule has 138 valence electrons. The van der Waals surface area contributed by atoms with E-state index < -0.39 is 5.97 Å². The number of nitrogens with zero attached hydrogens (tertiary/aromatic N) is 6. The number of anilines is 1. The summed E-state index contributed by atoms with van der Waals surface area (Å²) in [5.74, 6) is 0.629. The van der Waals surface area contributed by atoms with Crippen molar-refractivity contribution in [2.45, 2.75) is 25.6 Å². The highest BCUT2D eigenvalue weighted by atomic mass is 35.5. The highest BCUT2D eigenvalue weighted by Crippen LogP contribution is 2.38. The number of morpholine rings is 1. The predicted molar refractivity (Wildman–Crippen MR) is 89.5 cm³/mol. The van der Waals surface area contributed by atoms with E-state index in [-0.39, 0.29) is 29.6 Å². The molecule has 2 aliphatic rings. The number of rotatable bonds is 3. The summed E-state index contributed by atoms with van der Waals surface area (Å²) in [5.41, 5.74) is 0.734. The fourth-order valence-corrected chi connectivity index (χ4v) is 3.43. The van der Waals surface area contributed by atoms with E-state index in [0.717, 1.165) is 0 Å². The zero-order valence-electron chi connectivity index (χ0n) is 14.3. The van der Waals surface area contributed by atoms with Crippen LogP contribution in [0.1, 0.15) is 23.1 Å². The van der Waals surface area contributed by atoms with Crippen LogP contribution in [0, 0.1) is 0 Å². The molecular formula is C15H17ClN6O4. The number of aromatic nitrogens is 5. The second-order valence-electron chi connectivity index (χ2n) is 6.12. The lowest BCUT2D eigenvalue weighted by atomic mass is 10.1. The van der Waals surface area contributed by atoms with Gasteiger partial charge < -0.3 is 19.1 Å². The van der Waals surface area contributed by atoms with Gasteiger partial charge in [-0.2, -0.15) is 4.98 Å². The summed E-state index contributed by atoms with van der Waals surface area (Å²) < 4.78 is 17.6. The molecule has 0 aromatic carbocycles. The van der Waals surface area contributed by atoms with Gasteiger partial charge in [0.05, 0.1) is 45.1 Å². The molecule has 26 heavy (non-hydrogen) atoms. The largest absolute Gasteiger partial charge is 0.486 e. The van der Waals surface area contributed by atoms with Gasteiger partial charge in [0.2, 0.25) is 5.28 Å². The van der Waals surface area contributed by atoms with E-state index in [1.807, 2.05) is 0 Å². The maximum absolute atomic E-state index is 11.8. The van der Waals surface area contributed by atoms with Gasteiger partial charge in [-0.05, 0) is 18.5 Å². The zero-order chi connectivity index (χ0) is 18.3. The van der Waals surface area contributed by atoms with E-state index >= 15 is 0 Å². The van der Waals surface area contributed by atoms with Crippen molar-refractivity contribution in [1.29, 1.82) is 0 Å². The molecule has 2 aromatic rings. The summed E-state index contributed by atoms with van der Waals surface area (Å²) in [5, 5.41) is 7.79. The molecule has 0 aliphatic carbocycles. The summed E-state index contributed by atoms with van der Waals surface area (Å²) in [6.07, 6.45) is 1.34. The molecular weight excluding hydrogens is 364 g/mol. The van der Waals surface area contributed by atoms with Crippen molar-refractivity contribution in [2.24, 2.45) is 0 Å². The van der Waals surface area contributed by atoms with Crippen molar-refractivity contribution in [3.05, 3.63) is 22.9 Å². The van der Waals surface area contributed by atoms with Crippen LogP contribution in [0.3, 0.4) is 0 Å². The summed E-state index contributed by atoms with van der Waals surface area (Å²) in [6.45, 7) is 3.83. The summed E-state index contributed by atoms with van der Waals surface area (Å²) in [7, 11) is 1.30. The topological polar surface area (TPSA) is 104 Å². The van der Waals surface area contributed by atoms with E-state index in [1.165, 1.54) is 18.0 Å². The lowest BCUT2D eigenvalue weighted by Gasteiger charge is -2.44. The molecule has 2 aromatic heterocycles. The minimum absolute atomic E-state index is 0.0714. The Hall–Kier alpha value is -2.46. The van der Waals surface area contributed by atoms with Crippen molar-refractivity contribution in [2.75, 3.05) is 31.8 Å². The predicted octanol–water partition coefficient (Wildman–Crippen LogP) is 0.542. The van der Waals surface area contributed by atoms with Crippen LogP contribution in [0.5, 0.6) is 5.75 Å². The number of ether oxygens (including phenoxy) is 3. The Kier molecular flexibility index (Phi) is 4.37. The van der Waals surface area contributed by atoms with Crippen molar-refractivity contribution in [1.82, 2.24) is 25.0 Å². The number of hydrogen-bond acceptors (Lipinski definition) is 9. The monoisotopic (exact) mass is 380 g/mol. The second-order valence-corrected chi connectivity index (χ2v) is 6.46. The van der Waals surface area contributed by atoms with E-state index in [1.54, 1.807) is 0 Å². The van der Waals surface area contributed by atoms with Crippen LogP contribution in [-0.2, 0) is 16.0 Å². The Labute approximate surface area is 154 Å². The van der Waals surface area contributed by atoms with Gasteiger partial charge >= 0.3 is 5.97 Å². The van der Waals surface area contributed by atoms with E-state index in [2.05, 4.69) is 32.1 Å². The molecule has 1 saturated heterocycles. The Balaban J connectivity index is 1.73. The molecule has 11 heteroatoms. The van der Waals surface area contributed by atoms with Crippen LogP contribution in [0.25, 0.3) is 0 Å². The number of fused-ring (bicyclic) bond motifs is 3. The van der Waals surface area contributed by atoms with Gasteiger partial charge in [0.1, 0.15) is 12.3 Å². The number of halogens is 1. The molecule has 1 fully saturated rings. The number of esters is 1. The van der Waals surface area contributed by atoms with E-state index in [9.17, 15) is 4.79 Å². The zero-order valence-corrected chi connectivity index (χ0v) is 15.0. The van der Waals surface area contributed by atoms with Gasteiger partial charge in [-0.15, -0.1) is 5.10 Å². The smallest absolute Gasteiger partial charge is 0.358 e. The lowest BCUT2D eigenvalue weighted by Crippen LogP contribution is -2.56. The van der Waals surface area contributed by atoms with Crippen LogP contribution in [0.4, 0.5) is 5.82 Å². The van der Waals surface area contributed by atoms with Gasteiger partial charge in [-0.1, -0.05) is 5.21 Å². The van der Waals surface area contributed by atoms with Gasteiger partial charge in [-0.25, -0.2) is 14.5 Å². The standard InChI is InChI=1S/C15H17ClN6O4/c1-8-5-25-6-9-7-26-12-10(18-15(16)19-13(12)22(8)9)4-21-11(3-17-20-21)14(23)24-2/h3,8-9H,4-7H2,1-2H3/t8-,9+/m1/s1. The number of carbonyl (C=O) groups excluding carboxylic acids is 1. The third kappa shape index (κ3) is 2.84. The Bertz CT molecular complexity index is 844. The molecule has 0 spiro atoms. The molecule has 0 radical (unpaired) electrons. The number of carbonyl (C=O) groups is 1. The molecule has 4 heterocycles. The normalized spacial score (nSPS) is 21.6. The Morgan fingerprint density at radius 2 is 2.23 bits per heavy atom. The van der Waals surface area contributed by atoms with Crippen LogP contribution in [0.2, 0.25) is 5.28 Å². The quantitative estimate of drug-likeness (QED) is 0.557. The van der Waals surface area contributed by atoms with Crippen LogP contribution in [-0.4, -0.2) is 69.9 Å². The minimum atomic E-state index is -0.535. The summed E-state index contributed by atoms with van der Waals surface area (Å²) in [4.78, 5) is 22.6. The third-order valence-electron chi connectivity index (χ3n) is 4.40. The van der Waals surface area contributed by atoms with Crippen molar-refractivity contribution >= 4 is 23.4 Å². The van der Waals surface area contributed by atoms with Crippen LogP contribution >= 0.6 is 11.6 Å². The van der Waals surface area contributed by atoms with Gasteiger partial charge in [0.25, 0.3) is 0 Å². The first-order chi connectivity index (χ1) is 12.6. The fraction of sp³-hybridized carbons (Fsp3) is 0.533. The average Bonchev–Trinajstić information content (AvgIpc) is 3.09. The lowest BCUT2D eigenvalue weighted by molar-refractivity contribution is 0.0482. The number of hydrogen-bond donors (Lipinski definition) is 0. The Morgan fingerprint density at radius 1 is 1.38 bits per heavy atom.